The number of nitrogens with zero attached hydrogens (tertiary/aromatic N) is 2. The second kappa shape index (κ2) is 11.3. The van der Waals surface area contributed by atoms with Gasteiger partial charge in [-0.05, 0) is 37.0 Å². The minimum Gasteiger partial charge on any atom is -0.496 e. The first-order chi connectivity index (χ1) is 13.6. The molecule has 1 aliphatic carbocycles. The third-order valence-electron chi connectivity index (χ3n) is 5.22. The molecule has 0 atom stereocenters. The van der Waals surface area contributed by atoms with Gasteiger partial charge in [-0.25, -0.2) is 4.99 Å². The van der Waals surface area contributed by atoms with Crippen LogP contribution in [0.4, 0.5) is 0 Å². The maximum Gasteiger partial charge on any atom is 0.243 e. The van der Waals surface area contributed by atoms with Gasteiger partial charge in [0.15, 0.2) is 5.96 Å². The zero-order valence-corrected chi connectivity index (χ0v) is 19.8. The van der Waals surface area contributed by atoms with Crippen LogP contribution in [0.15, 0.2) is 29.4 Å². The number of likely N-dealkylation sites (N-methyl/N-ethyl adjacent to an activating group) is 1. The summed E-state index contributed by atoms with van der Waals surface area (Å²) in [6.07, 6.45) is 7.66. The van der Waals surface area contributed by atoms with Crippen LogP contribution in [0, 0.1) is 0 Å². The number of carbonyl (C=O) groups excluding carboxylic acids is 1. The van der Waals surface area contributed by atoms with Crippen molar-refractivity contribution < 1.29 is 9.53 Å². The number of hydrogen-bond donors (Lipinski definition) is 3. The summed E-state index contributed by atoms with van der Waals surface area (Å²) < 4.78 is 5.51. The Labute approximate surface area is 189 Å². The van der Waals surface area contributed by atoms with E-state index in [2.05, 4.69) is 26.7 Å². The number of hydrogen-bond acceptors (Lipinski definition) is 3. The van der Waals surface area contributed by atoms with Crippen LogP contribution >= 0.6 is 24.0 Å². The number of H-pyrrole nitrogens is 1. The zero-order chi connectivity index (χ0) is 19.9. The molecule has 1 aromatic heterocycles. The molecule has 0 aliphatic heterocycles. The molecule has 1 saturated carbocycles. The summed E-state index contributed by atoms with van der Waals surface area (Å²) in [6, 6.07) is 6.46. The Hall–Kier alpha value is -1.97. The number of rotatable bonds is 7. The predicted molar refractivity (Wildman–Crippen MR) is 128 cm³/mol. The zero-order valence-electron chi connectivity index (χ0n) is 17.5. The van der Waals surface area contributed by atoms with Gasteiger partial charge in [-0.15, -0.1) is 24.0 Å². The van der Waals surface area contributed by atoms with Crippen LogP contribution in [0.5, 0.6) is 5.75 Å². The lowest BCUT2D eigenvalue weighted by atomic mass is 10.1. The molecule has 1 heterocycles. The Morgan fingerprint density at radius 3 is 2.76 bits per heavy atom. The van der Waals surface area contributed by atoms with E-state index in [-0.39, 0.29) is 36.4 Å². The Bertz CT molecular complexity index is 828. The monoisotopic (exact) mass is 513 g/mol. The van der Waals surface area contributed by atoms with Crippen molar-refractivity contribution in [3.05, 3.63) is 30.0 Å². The fourth-order valence-corrected chi connectivity index (χ4v) is 3.61. The fraction of sp³-hybridized carbons (Fsp3) is 0.524. The number of methoxy groups -OCH3 is 1. The molecular weight excluding hydrogens is 481 g/mol. The standard InChI is InChI=1S/C21H31N5O2.HI/c1-26(2)19(27)14-24-21(25-16-7-4-5-8-16)22-12-11-15-13-23-17-9-6-10-18(28-3)20(15)17;/h6,9-10,13,16,23H,4-5,7-8,11-12,14H2,1-3H3,(H2,22,24,25);1H. The number of fused-ring (bicyclic) bond motifs is 1. The van der Waals surface area contributed by atoms with Gasteiger partial charge in [0.25, 0.3) is 0 Å². The molecule has 1 amide bonds. The highest BCUT2D eigenvalue weighted by Gasteiger charge is 2.17. The topological polar surface area (TPSA) is 81.7 Å². The van der Waals surface area contributed by atoms with Gasteiger partial charge < -0.3 is 25.3 Å². The first kappa shape index (κ1) is 23.3. The number of ether oxygens (including phenoxy) is 1. The Morgan fingerprint density at radius 1 is 1.31 bits per heavy atom. The van der Waals surface area contributed by atoms with Crippen molar-refractivity contribution in [1.82, 2.24) is 20.5 Å². The van der Waals surface area contributed by atoms with E-state index < -0.39 is 0 Å². The predicted octanol–water partition coefficient (Wildman–Crippen LogP) is 2.90. The van der Waals surface area contributed by atoms with Gasteiger partial charge in [0.05, 0.1) is 7.11 Å². The van der Waals surface area contributed by atoms with Crippen LogP contribution in [0.25, 0.3) is 10.9 Å². The quantitative estimate of drug-likeness (QED) is 0.302. The normalized spacial score (nSPS) is 14.5. The number of amides is 1. The fourth-order valence-electron chi connectivity index (χ4n) is 3.61. The maximum absolute atomic E-state index is 11.9. The van der Waals surface area contributed by atoms with Gasteiger partial charge in [-0.2, -0.15) is 0 Å². The van der Waals surface area contributed by atoms with Crippen molar-refractivity contribution in [2.75, 3.05) is 34.3 Å². The van der Waals surface area contributed by atoms with Crippen LogP contribution in [0.1, 0.15) is 31.2 Å². The molecule has 0 spiro atoms. The Morgan fingerprint density at radius 2 is 2.07 bits per heavy atom. The van der Waals surface area contributed by atoms with Gasteiger partial charge in [-0.1, -0.05) is 18.9 Å². The van der Waals surface area contributed by atoms with Gasteiger partial charge in [0.2, 0.25) is 5.91 Å². The van der Waals surface area contributed by atoms with Crippen LogP contribution in [-0.2, 0) is 11.2 Å². The lowest BCUT2D eigenvalue weighted by Crippen LogP contribution is -2.43. The lowest BCUT2D eigenvalue weighted by molar-refractivity contribution is -0.127. The van der Waals surface area contributed by atoms with E-state index in [1.807, 2.05) is 18.3 Å². The third kappa shape index (κ3) is 6.25. The molecule has 1 fully saturated rings. The van der Waals surface area contributed by atoms with Crippen molar-refractivity contribution in [1.29, 1.82) is 0 Å². The number of aliphatic imine (C=N–C) groups is 1. The number of halogens is 1. The number of nitrogens with one attached hydrogen (secondary N) is 3. The van der Waals surface area contributed by atoms with E-state index in [0.717, 1.165) is 42.5 Å². The van der Waals surface area contributed by atoms with E-state index in [1.165, 1.54) is 18.4 Å². The van der Waals surface area contributed by atoms with Crippen LogP contribution in [0.2, 0.25) is 0 Å². The van der Waals surface area contributed by atoms with Crippen LogP contribution in [0.3, 0.4) is 0 Å². The third-order valence-corrected chi connectivity index (χ3v) is 5.22. The molecule has 2 aromatic rings. The minimum atomic E-state index is -0.00566. The SMILES string of the molecule is COc1cccc2[nH]cc(CCNC(=NCC(=O)N(C)C)NC3CCCC3)c12.I. The van der Waals surface area contributed by atoms with E-state index in [9.17, 15) is 4.79 Å². The number of aromatic amines is 1. The van der Waals surface area contributed by atoms with Crippen molar-refractivity contribution in [3.8, 4) is 5.75 Å². The molecular formula is C21H32IN5O2. The second-order valence-corrected chi connectivity index (χ2v) is 7.45. The summed E-state index contributed by atoms with van der Waals surface area (Å²) in [6.45, 7) is 0.871. The van der Waals surface area contributed by atoms with Gasteiger partial charge >= 0.3 is 0 Å². The second-order valence-electron chi connectivity index (χ2n) is 7.45. The molecule has 1 aliphatic rings. The van der Waals surface area contributed by atoms with Gasteiger partial charge in [0, 0.05) is 43.8 Å². The molecule has 3 rings (SSSR count). The Kier molecular flexibility index (Phi) is 9.06. The highest BCUT2D eigenvalue weighted by Crippen LogP contribution is 2.28. The molecule has 0 bridgehead atoms. The average molecular weight is 513 g/mol. The van der Waals surface area contributed by atoms with E-state index in [1.54, 1.807) is 26.1 Å². The number of guanidine groups is 1. The van der Waals surface area contributed by atoms with E-state index >= 15 is 0 Å². The largest absolute Gasteiger partial charge is 0.496 e. The molecule has 8 heteroatoms. The average Bonchev–Trinajstić information content (AvgIpc) is 3.35. The minimum absolute atomic E-state index is 0. The number of benzene rings is 1. The van der Waals surface area contributed by atoms with Crippen molar-refractivity contribution in [3.63, 3.8) is 0 Å². The number of carbonyl (C=O) groups is 1. The van der Waals surface area contributed by atoms with Crippen LogP contribution in [-0.4, -0.2) is 62.1 Å². The maximum atomic E-state index is 11.9. The summed E-state index contributed by atoms with van der Waals surface area (Å²) >= 11 is 0. The smallest absolute Gasteiger partial charge is 0.243 e. The summed E-state index contributed by atoms with van der Waals surface area (Å²) in [5.74, 6) is 1.59. The van der Waals surface area contributed by atoms with E-state index in [4.69, 9.17) is 4.74 Å². The van der Waals surface area contributed by atoms with Gasteiger partial charge in [0.1, 0.15) is 12.3 Å². The molecule has 7 nitrogen and oxygen atoms in total. The first-order valence-electron chi connectivity index (χ1n) is 9.96. The van der Waals surface area contributed by atoms with E-state index in [0.29, 0.717) is 12.0 Å². The molecule has 0 unspecified atom stereocenters. The highest BCUT2D eigenvalue weighted by atomic mass is 127. The van der Waals surface area contributed by atoms with Gasteiger partial charge in [-0.3, -0.25) is 4.79 Å². The molecule has 0 radical (unpaired) electrons. The summed E-state index contributed by atoms with van der Waals surface area (Å²) in [5, 5.41) is 8.00. The highest BCUT2D eigenvalue weighted by molar-refractivity contribution is 14.0. The molecule has 29 heavy (non-hydrogen) atoms. The summed E-state index contributed by atoms with van der Waals surface area (Å²) in [4.78, 5) is 21.3. The van der Waals surface area contributed by atoms with Crippen LogP contribution < -0.4 is 15.4 Å². The van der Waals surface area contributed by atoms with Crippen molar-refractivity contribution >= 4 is 46.7 Å². The summed E-state index contributed by atoms with van der Waals surface area (Å²) in [5.41, 5.74) is 2.27. The molecule has 0 saturated heterocycles. The van der Waals surface area contributed by atoms with Crippen molar-refractivity contribution in [2.24, 2.45) is 4.99 Å². The van der Waals surface area contributed by atoms with Crippen molar-refractivity contribution in [2.45, 2.75) is 38.1 Å². The molecule has 3 N–H and O–H groups in total. The molecule has 1 aromatic carbocycles. The summed E-state index contributed by atoms with van der Waals surface area (Å²) in [7, 11) is 5.20. The number of aromatic nitrogens is 1. The molecule has 160 valence electrons. The lowest BCUT2D eigenvalue weighted by Gasteiger charge is -2.18. The Balaban J connectivity index is 0.00000300. The first-order valence-corrected chi connectivity index (χ1v) is 9.96.